The molecule has 3 aromatic carbocycles. The molecule has 36 heavy (non-hydrogen) atoms. The summed E-state index contributed by atoms with van der Waals surface area (Å²) in [6, 6.07) is 21.1. The lowest BCUT2D eigenvalue weighted by atomic mass is 10.1. The molecular weight excluding hydrogens is 498 g/mol. The first kappa shape index (κ1) is 26.2. The van der Waals surface area contributed by atoms with Crippen molar-refractivity contribution in [3.63, 3.8) is 0 Å². The van der Waals surface area contributed by atoms with E-state index in [2.05, 4.69) is 22.3 Å². The Kier molecular flexibility index (Phi) is 8.64. The van der Waals surface area contributed by atoms with Crippen molar-refractivity contribution in [1.29, 1.82) is 0 Å². The van der Waals surface area contributed by atoms with E-state index < -0.39 is 15.9 Å². The van der Waals surface area contributed by atoms with Gasteiger partial charge in [0.2, 0.25) is 5.91 Å². The van der Waals surface area contributed by atoms with Gasteiger partial charge in [-0.3, -0.25) is 14.0 Å². The van der Waals surface area contributed by atoms with E-state index in [0.29, 0.717) is 22.8 Å². The second kappa shape index (κ2) is 11.9. The number of nitrogens with zero attached hydrogens (tertiary/aromatic N) is 2. The van der Waals surface area contributed by atoms with E-state index in [4.69, 9.17) is 16.3 Å². The fraction of sp³-hybridized carbons (Fsp3) is 0.296. The van der Waals surface area contributed by atoms with Crippen molar-refractivity contribution in [3.8, 4) is 0 Å². The second-order valence-electron chi connectivity index (χ2n) is 8.74. The average molecular weight is 528 g/mol. The zero-order chi connectivity index (χ0) is 25.5. The minimum Gasteiger partial charge on any atom is -0.379 e. The van der Waals surface area contributed by atoms with Crippen LogP contribution in [0.5, 0.6) is 0 Å². The highest BCUT2D eigenvalue weighted by atomic mass is 35.5. The van der Waals surface area contributed by atoms with Crippen LogP contribution < -0.4 is 9.62 Å². The first-order valence-electron chi connectivity index (χ1n) is 11.8. The first-order valence-corrected chi connectivity index (χ1v) is 13.6. The largest absolute Gasteiger partial charge is 0.379 e. The molecule has 1 aliphatic rings. The fourth-order valence-electron chi connectivity index (χ4n) is 4.11. The van der Waals surface area contributed by atoms with Gasteiger partial charge in [0.05, 0.1) is 23.8 Å². The normalized spacial score (nSPS) is 14.4. The standard InChI is InChI=1S/C27H30ClN3O4S/c1-21-10-11-24(28)17-26(21)31(36(33,34)25-8-3-2-4-9-25)20-27(32)29-18-22-6-5-7-23(16-22)19-30-12-14-35-15-13-30/h2-11,16-17H,12-15,18-20H2,1H3,(H,29,32). The molecule has 1 amide bonds. The number of rotatable bonds is 9. The van der Waals surface area contributed by atoms with E-state index in [1.54, 1.807) is 43.3 Å². The second-order valence-corrected chi connectivity index (χ2v) is 11.0. The minimum absolute atomic E-state index is 0.105. The molecule has 0 aromatic heterocycles. The summed E-state index contributed by atoms with van der Waals surface area (Å²) in [5, 5.41) is 3.27. The number of aryl methyl sites for hydroxylation is 1. The molecule has 9 heteroatoms. The van der Waals surface area contributed by atoms with Gasteiger partial charge in [-0.2, -0.15) is 0 Å². The molecule has 1 aliphatic heterocycles. The number of hydrogen-bond acceptors (Lipinski definition) is 5. The van der Waals surface area contributed by atoms with E-state index in [9.17, 15) is 13.2 Å². The van der Waals surface area contributed by atoms with Crippen molar-refractivity contribution >= 4 is 33.2 Å². The first-order chi connectivity index (χ1) is 17.3. The molecule has 1 heterocycles. The van der Waals surface area contributed by atoms with Gasteiger partial charge >= 0.3 is 0 Å². The Bertz CT molecular complexity index is 1300. The Hall–Kier alpha value is -2.91. The quantitative estimate of drug-likeness (QED) is 0.455. The number of ether oxygens (including phenoxy) is 1. The van der Waals surface area contributed by atoms with Crippen LogP contribution in [-0.4, -0.2) is 52.1 Å². The number of carbonyl (C=O) groups excluding carboxylic acids is 1. The Morgan fingerprint density at radius 1 is 1.00 bits per heavy atom. The molecule has 0 unspecified atom stereocenters. The maximum absolute atomic E-state index is 13.5. The number of sulfonamides is 1. The summed E-state index contributed by atoms with van der Waals surface area (Å²) in [4.78, 5) is 15.4. The monoisotopic (exact) mass is 527 g/mol. The lowest BCUT2D eigenvalue weighted by Gasteiger charge is -2.26. The van der Waals surface area contributed by atoms with Crippen LogP contribution in [0.2, 0.25) is 5.02 Å². The zero-order valence-corrected chi connectivity index (χ0v) is 21.8. The third-order valence-corrected chi connectivity index (χ3v) is 8.06. The molecule has 0 atom stereocenters. The van der Waals surface area contributed by atoms with Gasteiger partial charge in [-0.05, 0) is 47.9 Å². The van der Waals surface area contributed by atoms with Gasteiger partial charge in [0.15, 0.2) is 0 Å². The number of morpholine rings is 1. The van der Waals surface area contributed by atoms with Crippen molar-refractivity contribution in [1.82, 2.24) is 10.2 Å². The number of benzene rings is 3. The lowest BCUT2D eigenvalue weighted by molar-refractivity contribution is -0.119. The SMILES string of the molecule is Cc1ccc(Cl)cc1N(CC(=O)NCc1cccc(CN2CCOCC2)c1)S(=O)(=O)c1ccccc1. The summed E-state index contributed by atoms with van der Waals surface area (Å²) < 4.78 is 33.6. The maximum Gasteiger partial charge on any atom is 0.264 e. The van der Waals surface area contributed by atoms with Gasteiger partial charge < -0.3 is 10.1 Å². The molecule has 4 rings (SSSR count). The van der Waals surface area contributed by atoms with Gasteiger partial charge in [0.1, 0.15) is 6.54 Å². The van der Waals surface area contributed by atoms with Crippen LogP contribution in [-0.2, 0) is 32.6 Å². The summed E-state index contributed by atoms with van der Waals surface area (Å²) >= 11 is 6.19. The molecule has 0 bridgehead atoms. The Morgan fingerprint density at radius 2 is 1.72 bits per heavy atom. The number of hydrogen-bond donors (Lipinski definition) is 1. The van der Waals surface area contributed by atoms with Crippen LogP contribution in [0.4, 0.5) is 5.69 Å². The topological polar surface area (TPSA) is 79.0 Å². The molecule has 0 aliphatic carbocycles. The van der Waals surface area contributed by atoms with Crippen molar-refractivity contribution in [3.05, 3.63) is 94.5 Å². The van der Waals surface area contributed by atoms with Crippen molar-refractivity contribution in [2.75, 3.05) is 37.2 Å². The molecule has 1 N–H and O–H groups in total. The fourth-order valence-corrected chi connectivity index (χ4v) is 5.78. The number of anilines is 1. The molecule has 0 saturated carbocycles. The van der Waals surface area contributed by atoms with Crippen LogP contribution in [0.3, 0.4) is 0 Å². The van der Waals surface area contributed by atoms with E-state index in [1.165, 1.54) is 12.1 Å². The minimum atomic E-state index is -4.00. The summed E-state index contributed by atoms with van der Waals surface area (Å²) in [5.41, 5.74) is 3.17. The van der Waals surface area contributed by atoms with Crippen molar-refractivity contribution in [2.24, 2.45) is 0 Å². The van der Waals surface area contributed by atoms with Crippen molar-refractivity contribution < 1.29 is 17.9 Å². The van der Waals surface area contributed by atoms with Crippen LogP contribution in [0.1, 0.15) is 16.7 Å². The highest BCUT2D eigenvalue weighted by Gasteiger charge is 2.28. The van der Waals surface area contributed by atoms with Crippen LogP contribution in [0.15, 0.2) is 77.7 Å². The molecule has 7 nitrogen and oxygen atoms in total. The smallest absolute Gasteiger partial charge is 0.264 e. The number of halogens is 1. The third-order valence-electron chi connectivity index (χ3n) is 6.05. The van der Waals surface area contributed by atoms with E-state index >= 15 is 0 Å². The van der Waals surface area contributed by atoms with Gasteiger partial charge in [-0.1, -0.05) is 60.1 Å². The highest BCUT2D eigenvalue weighted by molar-refractivity contribution is 7.92. The summed E-state index contributed by atoms with van der Waals surface area (Å²) in [5.74, 6) is -0.410. The summed E-state index contributed by atoms with van der Waals surface area (Å²) in [6.45, 7) is 5.81. The van der Waals surface area contributed by atoms with Gasteiger partial charge in [0.25, 0.3) is 10.0 Å². The Labute approximate surface area is 217 Å². The van der Waals surface area contributed by atoms with E-state index in [1.807, 2.05) is 12.1 Å². The maximum atomic E-state index is 13.5. The van der Waals surface area contributed by atoms with Crippen LogP contribution in [0.25, 0.3) is 0 Å². The summed E-state index contributed by atoms with van der Waals surface area (Å²) in [7, 11) is -4.00. The number of nitrogens with one attached hydrogen (secondary N) is 1. The van der Waals surface area contributed by atoms with Crippen LogP contribution >= 0.6 is 11.6 Å². The molecule has 0 radical (unpaired) electrons. The third kappa shape index (κ3) is 6.64. The summed E-state index contributed by atoms with van der Waals surface area (Å²) in [6.07, 6.45) is 0. The van der Waals surface area contributed by atoms with Gasteiger partial charge in [0, 0.05) is 31.2 Å². The van der Waals surface area contributed by atoms with Crippen molar-refractivity contribution in [2.45, 2.75) is 24.9 Å². The molecule has 1 fully saturated rings. The molecule has 3 aromatic rings. The molecule has 0 spiro atoms. The Morgan fingerprint density at radius 3 is 2.47 bits per heavy atom. The Balaban J connectivity index is 1.49. The predicted molar refractivity (Wildman–Crippen MR) is 142 cm³/mol. The predicted octanol–water partition coefficient (Wildman–Crippen LogP) is 3.99. The average Bonchev–Trinajstić information content (AvgIpc) is 2.89. The molecule has 190 valence electrons. The highest BCUT2D eigenvalue weighted by Crippen LogP contribution is 2.29. The lowest BCUT2D eigenvalue weighted by Crippen LogP contribution is -2.41. The van der Waals surface area contributed by atoms with Crippen LogP contribution in [0, 0.1) is 6.92 Å². The van der Waals surface area contributed by atoms with Gasteiger partial charge in [-0.25, -0.2) is 8.42 Å². The zero-order valence-electron chi connectivity index (χ0n) is 20.2. The number of amides is 1. The molecular formula is C27H30ClN3O4S. The van der Waals surface area contributed by atoms with E-state index in [0.717, 1.165) is 48.3 Å². The van der Waals surface area contributed by atoms with E-state index in [-0.39, 0.29) is 11.4 Å². The number of carbonyl (C=O) groups is 1. The molecule has 1 saturated heterocycles. The van der Waals surface area contributed by atoms with Gasteiger partial charge in [-0.15, -0.1) is 0 Å².